The van der Waals surface area contributed by atoms with Gasteiger partial charge in [0.2, 0.25) is 5.91 Å². The number of amides is 1. The van der Waals surface area contributed by atoms with E-state index in [4.69, 9.17) is 4.52 Å². The van der Waals surface area contributed by atoms with Crippen LogP contribution in [0.5, 0.6) is 0 Å². The Bertz CT molecular complexity index is 354. The summed E-state index contributed by atoms with van der Waals surface area (Å²) < 4.78 is 5.08. The van der Waals surface area contributed by atoms with Gasteiger partial charge < -0.3 is 14.7 Å². The molecule has 5 nitrogen and oxygen atoms in total. The van der Waals surface area contributed by atoms with Gasteiger partial charge in [-0.25, -0.2) is 0 Å². The van der Waals surface area contributed by atoms with Gasteiger partial charge in [-0.2, -0.15) is 0 Å². The first-order valence-electron chi connectivity index (χ1n) is 5.86. The predicted octanol–water partition coefficient (Wildman–Crippen LogP) is 1.25. The zero-order valence-electron chi connectivity index (χ0n) is 11.0. The molecular weight excluding hydrogens is 218 g/mol. The van der Waals surface area contributed by atoms with Crippen LogP contribution in [-0.4, -0.2) is 36.6 Å². The Balaban J connectivity index is 2.48. The number of aryl methyl sites for hydroxylation is 2. The lowest BCUT2D eigenvalue weighted by atomic mass is 10.2. The van der Waals surface area contributed by atoms with Gasteiger partial charge in [-0.3, -0.25) is 4.79 Å². The van der Waals surface area contributed by atoms with Crippen molar-refractivity contribution in [2.45, 2.75) is 33.2 Å². The summed E-state index contributed by atoms with van der Waals surface area (Å²) in [5.74, 6) is 0.942. The predicted molar refractivity (Wildman–Crippen MR) is 65.6 cm³/mol. The van der Waals surface area contributed by atoms with E-state index < -0.39 is 0 Å². The van der Waals surface area contributed by atoms with E-state index in [9.17, 15) is 4.79 Å². The largest absolute Gasteiger partial charge is 0.361 e. The third-order valence-corrected chi connectivity index (χ3v) is 2.82. The second-order valence-corrected chi connectivity index (χ2v) is 4.26. The van der Waals surface area contributed by atoms with Crippen LogP contribution < -0.4 is 5.32 Å². The average molecular weight is 239 g/mol. The molecule has 17 heavy (non-hydrogen) atoms. The van der Waals surface area contributed by atoms with Gasteiger partial charge in [-0.1, -0.05) is 5.16 Å². The van der Waals surface area contributed by atoms with Crippen LogP contribution in [0.15, 0.2) is 4.52 Å². The fraction of sp³-hybridized carbons (Fsp3) is 0.667. The van der Waals surface area contributed by atoms with Crippen LogP contribution in [0.25, 0.3) is 0 Å². The molecule has 5 heteroatoms. The summed E-state index contributed by atoms with van der Waals surface area (Å²) >= 11 is 0. The van der Waals surface area contributed by atoms with Gasteiger partial charge >= 0.3 is 0 Å². The number of hydrogen-bond donors (Lipinski definition) is 1. The lowest BCUT2D eigenvalue weighted by molar-refractivity contribution is -0.130. The van der Waals surface area contributed by atoms with Crippen LogP contribution >= 0.6 is 0 Å². The Morgan fingerprint density at radius 3 is 2.71 bits per heavy atom. The summed E-state index contributed by atoms with van der Waals surface area (Å²) in [6.07, 6.45) is 1.43. The molecule has 0 aliphatic rings. The molecule has 0 radical (unpaired) electrons. The molecule has 96 valence electrons. The van der Waals surface area contributed by atoms with Crippen molar-refractivity contribution in [3.8, 4) is 0 Å². The fourth-order valence-electron chi connectivity index (χ4n) is 1.66. The maximum absolute atomic E-state index is 11.8. The van der Waals surface area contributed by atoms with E-state index >= 15 is 0 Å². The molecule has 1 rings (SSSR count). The van der Waals surface area contributed by atoms with Crippen LogP contribution in [0, 0.1) is 13.8 Å². The van der Waals surface area contributed by atoms with Crippen molar-refractivity contribution in [3.63, 3.8) is 0 Å². The van der Waals surface area contributed by atoms with E-state index in [1.54, 1.807) is 4.90 Å². The van der Waals surface area contributed by atoms with Crippen molar-refractivity contribution in [3.05, 3.63) is 17.0 Å². The van der Waals surface area contributed by atoms with Crippen LogP contribution in [0.2, 0.25) is 0 Å². The van der Waals surface area contributed by atoms with E-state index in [1.807, 2.05) is 27.9 Å². The highest BCUT2D eigenvalue weighted by molar-refractivity contribution is 5.75. The molecule has 0 saturated carbocycles. The third kappa shape index (κ3) is 3.85. The van der Waals surface area contributed by atoms with Crippen molar-refractivity contribution in [2.75, 3.05) is 20.6 Å². The van der Waals surface area contributed by atoms with Gasteiger partial charge in [0.15, 0.2) is 0 Å². The van der Waals surface area contributed by atoms with E-state index in [2.05, 4.69) is 10.5 Å². The Morgan fingerprint density at radius 1 is 1.47 bits per heavy atom. The van der Waals surface area contributed by atoms with Crippen LogP contribution in [0.4, 0.5) is 0 Å². The summed E-state index contributed by atoms with van der Waals surface area (Å²) in [6.45, 7) is 5.20. The molecule has 1 heterocycles. The number of rotatable bonds is 6. The zero-order valence-corrected chi connectivity index (χ0v) is 11.0. The molecule has 1 N–H and O–H groups in total. The van der Waals surface area contributed by atoms with Crippen LogP contribution in [-0.2, 0) is 11.3 Å². The summed E-state index contributed by atoms with van der Waals surface area (Å²) in [6, 6.07) is 0. The first-order valence-corrected chi connectivity index (χ1v) is 5.86. The second kappa shape index (κ2) is 6.39. The van der Waals surface area contributed by atoms with Crippen molar-refractivity contribution in [1.82, 2.24) is 15.4 Å². The average Bonchev–Trinajstić information content (AvgIpc) is 2.61. The smallest absolute Gasteiger partial charge is 0.222 e. The summed E-state index contributed by atoms with van der Waals surface area (Å²) in [5.41, 5.74) is 1.87. The highest BCUT2D eigenvalue weighted by Crippen LogP contribution is 2.14. The lowest BCUT2D eigenvalue weighted by Crippen LogP contribution is -2.27. The Hall–Kier alpha value is -1.36. The molecular formula is C12H21N3O2. The number of aromatic nitrogens is 1. The number of carbonyl (C=O) groups is 1. The number of nitrogens with one attached hydrogen (secondary N) is 1. The van der Waals surface area contributed by atoms with Crippen molar-refractivity contribution in [2.24, 2.45) is 0 Å². The van der Waals surface area contributed by atoms with E-state index in [1.165, 1.54) is 0 Å². The molecule has 0 aromatic carbocycles. The lowest BCUT2D eigenvalue weighted by Gasteiger charge is -2.16. The quantitative estimate of drug-likeness (QED) is 0.759. The van der Waals surface area contributed by atoms with Gasteiger partial charge in [0.1, 0.15) is 5.76 Å². The van der Waals surface area contributed by atoms with Crippen LogP contribution in [0.1, 0.15) is 29.9 Å². The molecule has 0 fully saturated rings. The van der Waals surface area contributed by atoms with Gasteiger partial charge in [-0.15, -0.1) is 0 Å². The normalized spacial score (nSPS) is 10.6. The SMILES string of the molecule is CNCCCC(=O)N(C)Cc1c(C)noc1C. The number of carbonyl (C=O) groups excluding carboxylic acids is 1. The molecule has 1 aromatic heterocycles. The van der Waals surface area contributed by atoms with Crippen molar-refractivity contribution in [1.29, 1.82) is 0 Å². The topological polar surface area (TPSA) is 58.4 Å². The molecule has 0 saturated heterocycles. The van der Waals surface area contributed by atoms with Gasteiger partial charge in [0.05, 0.1) is 12.2 Å². The Kier molecular flexibility index (Phi) is 5.15. The summed E-state index contributed by atoms with van der Waals surface area (Å²) in [7, 11) is 3.70. The molecule has 1 aromatic rings. The zero-order chi connectivity index (χ0) is 12.8. The Labute approximate surface area is 102 Å². The molecule has 0 bridgehead atoms. The molecule has 0 aliphatic heterocycles. The van der Waals surface area contributed by atoms with Gasteiger partial charge in [0, 0.05) is 19.0 Å². The minimum atomic E-state index is 0.153. The fourth-order valence-corrected chi connectivity index (χ4v) is 1.66. The van der Waals surface area contributed by atoms with Crippen molar-refractivity contribution >= 4 is 5.91 Å². The number of hydrogen-bond acceptors (Lipinski definition) is 4. The standard InChI is InChI=1S/C12H21N3O2/c1-9-11(10(2)17-14-9)8-15(4)12(16)6-5-7-13-3/h13H,5-8H2,1-4H3. The molecule has 1 amide bonds. The second-order valence-electron chi connectivity index (χ2n) is 4.26. The summed E-state index contributed by atoms with van der Waals surface area (Å²) in [5, 5.41) is 6.91. The van der Waals surface area contributed by atoms with E-state index in [0.29, 0.717) is 13.0 Å². The van der Waals surface area contributed by atoms with Gasteiger partial charge in [0.25, 0.3) is 0 Å². The maximum atomic E-state index is 11.8. The maximum Gasteiger partial charge on any atom is 0.222 e. The minimum Gasteiger partial charge on any atom is -0.361 e. The monoisotopic (exact) mass is 239 g/mol. The van der Waals surface area contributed by atoms with E-state index in [-0.39, 0.29) is 5.91 Å². The molecule has 0 aliphatic carbocycles. The van der Waals surface area contributed by atoms with Crippen LogP contribution in [0.3, 0.4) is 0 Å². The van der Waals surface area contributed by atoms with Gasteiger partial charge in [-0.05, 0) is 33.9 Å². The Morgan fingerprint density at radius 2 is 2.18 bits per heavy atom. The first kappa shape index (κ1) is 13.7. The highest BCUT2D eigenvalue weighted by Gasteiger charge is 2.14. The van der Waals surface area contributed by atoms with Crippen molar-refractivity contribution < 1.29 is 9.32 Å². The third-order valence-electron chi connectivity index (χ3n) is 2.82. The first-order chi connectivity index (χ1) is 8.06. The molecule has 0 unspecified atom stereocenters. The molecule has 0 spiro atoms. The minimum absolute atomic E-state index is 0.153. The summed E-state index contributed by atoms with van der Waals surface area (Å²) in [4.78, 5) is 13.5. The molecule has 0 atom stereocenters. The highest BCUT2D eigenvalue weighted by atomic mass is 16.5. The number of nitrogens with zero attached hydrogens (tertiary/aromatic N) is 2. The van der Waals surface area contributed by atoms with E-state index in [0.717, 1.165) is 30.0 Å².